The predicted molar refractivity (Wildman–Crippen MR) is 116 cm³/mol. The largest absolute Gasteiger partial charge is 0.417 e. The molecule has 3 N–H and O–H groups in total. The molecule has 0 fully saturated rings. The van der Waals surface area contributed by atoms with Crippen LogP contribution in [0.3, 0.4) is 0 Å². The molecule has 1 heterocycles. The van der Waals surface area contributed by atoms with Crippen molar-refractivity contribution in [3.05, 3.63) is 61.3 Å². The van der Waals surface area contributed by atoms with Crippen LogP contribution in [-0.4, -0.2) is 35.7 Å². The number of aromatic nitrogens is 2. The molecule has 0 radical (unpaired) electrons. The first-order valence-corrected chi connectivity index (χ1v) is 9.86. The van der Waals surface area contributed by atoms with Crippen molar-refractivity contribution >= 4 is 35.1 Å². The summed E-state index contributed by atoms with van der Waals surface area (Å²) in [7, 11) is 1.39. The number of ether oxygens (including phenoxy) is 1. The number of H-pyrrole nitrogens is 1. The minimum Gasteiger partial charge on any atom is -0.383 e. The standard InChI is InChI=1S/C20H22ClF3N4O4/c1-3-8-28-17(25)16(18(30)26-19(28)31)27(9-10-32-2)15(29)7-5-12-4-6-14(21)13(11-12)20(22,23)24/h4-7,11H,3,8-10,25H2,1-2H3,(H,26,30,31)/b7-5+. The van der Waals surface area contributed by atoms with E-state index < -0.39 is 33.9 Å². The minimum atomic E-state index is -4.66. The Balaban J connectivity index is 2.48. The number of benzene rings is 1. The number of halogens is 4. The summed E-state index contributed by atoms with van der Waals surface area (Å²) in [6.45, 7) is 1.95. The maximum atomic E-state index is 13.1. The maximum absolute atomic E-state index is 13.1. The van der Waals surface area contributed by atoms with Gasteiger partial charge in [-0.25, -0.2) is 4.79 Å². The molecule has 1 aromatic heterocycles. The third kappa shape index (κ3) is 5.80. The lowest BCUT2D eigenvalue weighted by molar-refractivity contribution is -0.137. The molecule has 0 saturated carbocycles. The van der Waals surface area contributed by atoms with E-state index in [0.29, 0.717) is 6.42 Å². The molecule has 1 aromatic carbocycles. The van der Waals surface area contributed by atoms with Crippen molar-refractivity contribution in [1.29, 1.82) is 0 Å². The van der Waals surface area contributed by atoms with Gasteiger partial charge in [0.15, 0.2) is 5.69 Å². The van der Waals surface area contributed by atoms with Gasteiger partial charge in [0.25, 0.3) is 11.5 Å². The first-order valence-electron chi connectivity index (χ1n) is 9.49. The van der Waals surface area contributed by atoms with Gasteiger partial charge >= 0.3 is 11.9 Å². The number of anilines is 2. The number of hydrogen-bond donors (Lipinski definition) is 2. The van der Waals surface area contributed by atoms with Gasteiger partial charge in [-0.3, -0.25) is 24.0 Å². The van der Waals surface area contributed by atoms with Crippen LogP contribution in [0.25, 0.3) is 6.08 Å². The van der Waals surface area contributed by atoms with Gasteiger partial charge < -0.3 is 10.5 Å². The maximum Gasteiger partial charge on any atom is 0.417 e. The summed E-state index contributed by atoms with van der Waals surface area (Å²) in [5.74, 6) is -0.950. The average molecular weight is 475 g/mol. The van der Waals surface area contributed by atoms with Crippen molar-refractivity contribution in [2.75, 3.05) is 30.9 Å². The Kier molecular flexibility index (Phi) is 8.28. The third-order valence-electron chi connectivity index (χ3n) is 4.43. The summed E-state index contributed by atoms with van der Waals surface area (Å²) in [5, 5.41) is -0.472. The number of hydrogen-bond acceptors (Lipinski definition) is 5. The Labute approximate surface area is 186 Å². The molecular weight excluding hydrogens is 453 g/mol. The molecule has 0 saturated heterocycles. The van der Waals surface area contributed by atoms with E-state index in [9.17, 15) is 27.6 Å². The zero-order valence-corrected chi connectivity index (χ0v) is 18.1. The normalized spacial score (nSPS) is 11.8. The molecule has 2 rings (SSSR count). The van der Waals surface area contributed by atoms with E-state index >= 15 is 0 Å². The van der Waals surface area contributed by atoms with Crippen molar-refractivity contribution < 1.29 is 22.7 Å². The van der Waals surface area contributed by atoms with Gasteiger partial charge in [-0.1, -0.05) is 24.6 Å². The number of nitrogen functional groups attached to an aromatic ring is 1. The van der Waals surface area contributed by atoms with Crippen LogP contribution in [0.1, 0.15) is 24.5 Å². The van der Waals surface area contributed by atoms with E-state index in [0.717, 1.165) is 33.8 Å². The third-order valence-corrected chi connectivity index (χ3v) is 4.76. The SMILES string of the molecule is CCCn1c(N)c(N(CCOC)C(=O)/C=C/c2ccc(Cl)c(C(F)(F)F)c2)c(=O)[nH]c1=O. The number of methoxy groups -OCH3 is 1. The topological polar surface area (TPSA) is 110 Å². The number of carbonyl (C=O) groups excluding carboxylic acids is 1. The van der Waals surface area contributed by atoms with Gasteiger partial charge in [0.05, 0.1) is 17.2 Å². The molecule has 0 aliphatic carbocycles. The van der Waals surface area contributed by atoms with Crippen LogP contribution in [0, 0.1) is 0 Å². The Morgan fingerprint density at radius 3 is 2.62 bits per heavy atom. The summed E-state index contributed by atoms with van der Waals surface area (Å²) in [6, 6.07) is 3.18. The van der Waals surface area contributed by atoms with Gasteiger partial charge in [-0.05, 0) is 30.2 Å². The van der Waals surface area contributed by atoms with Crippen LogP contribution in [-0.2, 0) is 22.3 Å². The van der Waals surface area contributed by atoms with E-state index in [4.69, 9.17) is 22.1 Å². The highest BCUT2D eigenvalue weighted by atomic mass is 35.5. The number of nitrogens with one attached hydrogen (secondary N) is 1. The van der Waals surface area contributed by atoms with Crippen molar-refractivity contribution in [1.82, 2.24) is 9.55 Å². The van der Waals surface area contributed by atoms with Crippen LogP contribution in [0.5, 0.6) is 0 Å². The van der Waals surface area contributed by atoms with E-state index in [1.807, 2.05) is 0 Å². The number of aromatic amines is 1. The van der Waals surface area contributed by atoms with Gasteiger partial charge in [0.2, 0.25) is 0 Å². The number of carbonyl (C=O) groups is 1. The highest BCUT2D eigenvalue weighted by Gasteiger charge is 2.33. The van der Waals surface area contributed by atoms with Crippen molar-refractivity contribution in [2.45, 2.75) is 26.1 Å². The molecular formula is C20H22ClF3N4O4. The predicted octanol–water partition coefficient (Wildman–Crippen LogP) is 2.89. The minimum absolute atomic E-state index is 0.0323. The second kappa shape index (κ2) is 10.5. The van der Waals surface area contributed by atoms with Crippen molar-refractivity contribution in [3.8, 4) is 0 Å². The lowest BCUT2D eigenvalue weighted by Gasteiger charge is -2.23. The van der Waals surface area contributed by atoms with Crippen LogP contribution in [0.4, 0.5) is 24.7 Å². The fourth-order valence-corrected chi connectivity index (χ4v) is 3.14. The van der Waals surface area contributed by atoms with Crippen LogP contribution < -0.4 is 21.9 Å². The Morgan fingerprint density at radius 2 is 2.03 bits per heavy atom. The van der Waals surface area contributed by atoms with E-state index in [1.165, 1.54) is 13.2 Å². The summed E-state index contributed by atoms with van der Waals surface area (Å²) in [4.78, 5) is 40.5. The number of nitrogens with two attached hydrogens (primary N) is 1. The average Bonchev–Trinajstić information content (AvgIpc) is 2.71. The summed E-state index contributed by atoms with van der Waals surface area (Å²) >= 11 is 5.61. The van der Waals surface area contributed by atoms with Crippen LogP contribution in [0.15, 0.2) is 33.9 Å². The number of nitrogens with zero attached hydrogens (tertiary/aromatic N) is 2. The van der Waals surface area contributed by atoms with Gasteiger partial charge in [0.1, 0.15) is 5.82 Å². The fourth-order valence-electron chi connectivity index (χ4n) is 2.92. The molecule has 8 nitrogen and oxygen atoms in total. The van der Waals surface area contributed by atoms with Crippen LogP contribution >= 0.6 is 11.6 Å². The molecule has 0 aliphatic heterocycles. The van der Waals surface area contributed by atoms with Crippen molar-refractivity contribution in [3.63, 3.8) is 0 Å². The molecule has 0 aliphatic rings. The lowest BCUT2D eigenvalue weighted by Crippen LogP contribution is -2.42. The second-order valence-corrected chi connectivity index (χ2v) is 7.11. The molecule has 2 aromatic rings. The smallest absolute Gasteiger partial charge is 0.383 e. The van der Waals surface area contributed by atoms with Gasteiger partial charge in [-0.2, -0.15) is 13.2 Å². The molecule has 0 unspecified atom stereocenters. The van der Waals surface area contributed by atoms with Crippen LogP contribution in [0.2, 0.25) is 5.02 Å². The highest BCUT2D eigenvalue weighted by Crippen LogP contribution is 2.35. The molecule has 32 heavy (non-hydrogen) atoms. The number of alkyl halides is 3. The van der Waals surface area contributed by atoms with Gasteiger partial charge in [-0.15, -0.1) is 0 Å². The van der Waals surface area contributed by atoms with E-state index in [-0.39, 0.29) is 36.8 Å². The quantitative estimate of drug-likeness (QED) is 0.572. The lowest BCUT2D eigenvalue weighted by atomic mass is 10.1. The zero-order chi connectivity index (χ0) is 24.1. The molecule has 0 atom stereocenters. The summed E-state index contributed by atoms with van der Waals surface area (Å²) in [5.41, 5.74) is 3.20. The van der Waals surface area contributed by atoms with E-state index in [1.54, 1.807) is 6.92 Å². The first kappa shape index (κ1) is 25.2. The Morgan fingerprint density at radius 1 is 1.34 bits per heavy atom. The summed E-state index contributed by atoms with van der Waals surface area (Å²) in [6.07, 6.45) is -1.98. The second-order valence-electron chi connectivity index (χ2n) is 6.70. The number of amides is 1. The molecule has 174 valence electrons. The Bertz CT molecular complexity index is 1130. The Hall–Kier alpha value is -3.05. The number of rotatable bonds is 8. The molecule has 0 spiro atoms. The highest BCUT2D eigenvalue weighted by molar-refractivity contribution is 6.31. The zero-order valence-electron chi connectivity index (χ0n) is 17.3. The van der Waals surface area contributed by atoms with E-state index in [2.05, 4.69) is 4.98 Å². The van der Waals surface area contributed by atoms with Crippen molar-refractivity contribution in [2.24, 2.45) is 0 Å². The molecule has 0 bridgehead atoms. The van der Waals surface area contributed by atoms with Gasteiger partial charge in [0, 0.05) is 26.3 Å². The molecule has 12 heteroatoms. The summed E-state index contributed by atoms with van der Waals surface area (Å²) < 4.78 is 45.3. The first-order chi connectivity index (χ1) is 15.0. The fraction of sp³-hybridized carbons (Fsp3) is 0.350. The molecule has 1 amide bonds. The monoisotopic (exact) mass is 474 g/mol.